The van der Waals surface area contributed by atoms with Crippen molar-refractivity contribution in [2.24, 2.45) is 5.92 Å². The Balaban J connectivity index is 1.86. The van der Waals surface area contributed by atoms with E-state index in [1.807, 2.05) is 30.7 Å². The zero-order chi connectivity index (χ0) is 19.1. The van der Waals surface area contributed by atoms with Gasteiger partial charge >= 0.3 is 5.97 Å². The van der Waals surface area contributed by atoms with Crippen LogP contribution < -0.4 is 5.32 Å². The molecule has 8 heteroatoms. The molecule has 1 unspecified atom stereocenters. The Morgan fingerprint density at radius 1 is 1.23 bits per heavy atom. The number of hydrogen-bond acceptors (Lipinski definition) is 6. The van der Waals surface area contributed by atoms with Gasteiger partial charge < -0.3 is 15.0 Å². The molecule has 6 nitrogen and oxygen atoms in total. The summed E-state index contributed by atoms with van der Waals surface area (Å²) in [5.41, 5.74) is 1.03. The summed E-state index contributed by atoms with van der Waals surface area (Å²) in [7, 11) is 1.66. The summed E-state index contributed by atoms with van der Waals surface area (Å²) in [6.45, 7) is 3.73. The normalized spacial score (nSPS) is 11.8. The van der Waals surface area contributed by atoms with Gasteiger partial charge in [0.15, 0.2) is 6.61 Å². The molecule has 26 heavy (non-hydrogen) atoms. The van der Waals surface area contributed by atoms with Crippen LogP contribution in [0.5, 0.6) is 0 Å². The highest BCUT2D eigenvalue weighted by Crippen LogP contribution is 2.12. The third kappa shape index (κ3) is 5.67. The fraction of sp³-hybridized carbons (Fsp3) is 0.389. The lowest BCUT2D eigenvalue weighted by molar-refractivity contribution is -0.154. The van der Waals surface area contributed by atoms with Crippen molar-refractivity contribution in [2.45, 2.75) is 26.4 Å². The Kier molecular flexibility index (Phi) is 7.35. The van der Waals surface area contributed by atoms with E-state index in [-0.39, 0.29) is 24.3 Å². The standard InChI is InChI=1S/C18H22N2O4S2/c1-12(2)16(19-17(22)14-5-4-7-26-14)18(23)24-10-15(21)20(3)9-13-6-8-25-11-13/h4-8,11-12,16H,9-10H2,1-3H3,(H,19,22). The number of hydrogen-bond donors (Lipinski definition) is 1. The smallest absolute Gasteiger partial charge is 0.329 e. The van der Waals surface area contributed by atoms with E-state index in [1.165, 1.54) is 16.2 Å². The van der Waals surface area contributed by atoms with Crippen LogP contribution >= 0.6 is 22.7 Å². The molecule has 0 aliphatic carbocycles. The molecular weight excluding hydrogens is 372 g/mol. The predicted octanol–water partition coefficient (Wildman–Crippen LogP) is 2.77. The minimum atomic E-state index is -0.806. The van der Waals surface area contributed by atoms with Crippen LogP contribution in [0.15, 0.2) is 34.3 Å². The lowest BCUT2D eigenvalue weighted by Crippen LogP contribution is -2.46. The molecule has 0 aliphatic heterocycles. The molecule has 2 amide bonds. The summed E-state index contributed by atoms with van der Waals surface area (Å²) in [6, 6.07) is 4.59. The minimum Gasteiger partial charge on any atom is -0.454 e. The first-order valence-corrected chi connectivity index (χ1v) is 9.96. The number of ether oxygens (including phenoxy) is 1. The van der Waals surface area contributed by atoms with Crippen molar-refractivity contribution in [3.63, 3.8) is 0 Å². The molecule has 140 valence electrons. The molecule has 0 aromatic carbocycles. The van der Waals surface area contributed by atoms with Gasteiger partial charge in [-0.15, -0.1) is 11.3 Å². The maximum absolute atomic E-state index is 12.3. The summed E-state index contributed by atoms with van der Waals surface area (Å²) < 4.78 is 5.15. The van der Waals surface area contributed by atoms with Gasteiger partial charge in [0.2, 0.25) is 0 Å². The molecule has 2 aromatic heterocycles. The molecule has 0 spiro atoms. The summed E-state index contributed by atoms with van der Waals surface area (Å²) in [5.74, 6) is -1.39. The molecule has 0 fully saturated rings. The third-order valence-corrected chi connectivity index (χ3v) is 5.32. The van der Waals surface area contributed by atoms with Gasteiger partial charge in [0.25, 0.3) is 11.8 Å². The number of esters is 1. The largest absolute Gasteiger partial charge is 0.454 e. The zero-order valence-electron chi connectivity index (χ0n) is 14.9. The molecule has 1 atom stereocenters. The second kappa shape index (κ2) is 9.49. The van der Waals surface area contributed by atoms with E-state index in [0.29, 0.717) is 11.4 Å². The van der Waals surface area contributed by atoms with Gasteiger partial charge in [-0.2, -0.15) is 11.3 Å². The van der Waals surface area contributed by atoms with Crippen LogP contribution in [0.3, 0.4) is 0 Å². The predicted molar refractivity (Wildman–Crippen MR) is 102 cm³/mol. The third-order valence-electron chi connectivity index (χ3n) is 3.72. The Bertz CT molecular complexity index is 726. The summed E-state index contributed by atoms with van der Waals surface area (Å²) in [6.07, 6.45) is 0. The maximum atomic E-state index is 12.3. The van der Waals surface area contributed by atoms with Gasteiger partial charge in [-0.3, -0.25) is 9.59 Å². The quantitative estimate of drug-likeness (QED) is 0.699. The van der Waals surface area contributed by atoms with E-state index in [9.17, 15) is 14.4 Å². The number of thiophene rings is 2. The van der Waals surface area contributed by atoms with Crippen LogP contribution in [-0.2, 0) is 20.9 Å². The molecule has 0 saturated carbocycles. The lowest BCUT2D eigenvalue weighted by Gasteiger charge is -2.21. The second-order valence-corrected chi connectivity index (χ2v) is 7.89. The van der Waals surface area contributed by atoms with E-state index in [4.69, 9.17) is 4.74 Å². The van der Waals surface area contributed by atoms with Crippen LogP contribution in [0.25, 0.3) is 0 Å². The Morgan fingerprint density at radius 2 is 2.00 bits per heavy atom. The average molecular weight is 395 g/mol. The SMILES string of the molecule is CC(C)C(NC(=O)c1cccs1)C(=O)OCC(=O)N(C)Cc1ccsc1. The van der Waals surface area contributed by atoms with E-state index in [0.717, 1.165) is 5.56 Å². The Hall–Kier alpha value is -2.19. The van der Waals surface area contributed by atoms with Gasteiger partial charge in [-0.1, -0.05) is 19.9 Å². The van der Waals surface area contributed by atoms with Gasteiger partial charge in [-0.05, 0) is 39.8 Å². The monoisotopic (exact) mass is 394 g/mol. The van der Waals surface area contributed by atoms with Gasteiger partial charge in [0.05, 0.1) is 4.88 Å². The fourth-order valence-corrected chi connectivity index (χ4v) is 3.48. The van der Waals surface area contributed by atoms with Crippen molar-refractivity contribution in [1.82, 2.24) is 10.2 Å². The molecule has 0 bridgehead atoms. The van der Waals surface area contributed by atoms with Crippen molar-refractivity contribution in [3.05, 3.63) is 44.8 Å². The highest BCUT2D eigenvalue weighted by molar-refractivity contribution is 7.12. The highest BCUT2D eigenvalue weighted by atomic mass is 32.1. The minimum absolute atomic E-state index is 0.162. The lowest BCUT2D eigenvalue weighted by atomic mass is 10.0. The highest BCUT2D eigenvalue weighted by Gasteiger charge is 2.27. The number of nitrogens with zero attached hydrogens (tertiary/aromatic N) is 1. The number of likely N-dealkylation sites (N-methyl/N-ethyl adjacent to an activating group) is 1. The maximum Gasteiger partial charge on any atom is 0.329 e. The van der Waals surface area contributed by atoms with Crippen LogP contribution in [-0.4, -0.2) is 42.4 Å². The number of rotatable bonds is 8. The van der Waals surface area contributed by atoms with Crippen molar-refractivity contribution < 1.29 is 19.1 Å². The second-order valence-electron chi connectivity index (χ2n) is 6.16. The van der Waals surface area contributed by atoms with Crippen LogP contribution in [0.2, 0.25) is 0 Å². The van der Waals surface area contributed by atoms with E-state index < -0.39 is 12.0 Å². The number of nitrogens with one attached hydrogen (secondary N) is 1. The van der Waals surface area contributed by atoms with Gasteiger partial charge in [0, 0.05) is 13.6 Å². The van der Waals surface area contributed by atoms with Crippen molar-refractivity contribution in [2.75, 3.05) is 13.7 Å². The number of carbonyl (C=O) groups is 3. The number of carbonyl (C=O) groups excluding carboxylic acids is 3. The zero-order valence-corrected chi connectivity index (χ0v) is 16.6. The van der Waals surface area contributed by atoms with Crippen LogP contribution in [0.4, 0.5) is 0 Å². The first-order chi connectivity index (χ1) is 12.4. The number of amides is 2. The molecule has 0 aliphatic rings. The molecule has 0 saturated heterocycles. The molecule has 2 aromatic rings. The first kappa shape index (κ1) is 20.1. The van der Waals surface area contributed by atoms with Crippen LogP contribution in [0.1, 0.15) is 29.1 Å². The molecular formula is C18H22N2O4S2. The molecule has 2 rings (SSSR count). The summed E-state index contributed by atoms with van der Waals surface area (Å²) >= 11 is 2.86. The van der Waals surface area contributed by atoms with Gasteiger partial charge in [-0.25, -0.2) is 4.79 Å². The van der Waals surface area contributed by atoms with E-state index in [1.54, 1.807) is 35.9 Å². The average Bonchev–Trinajstić information content (AvgIpc) is 3.30. The van der Waals surface area contributed by atoms with Crippen molar-refractivity contribution >= 4 is 40.5 Å². The molecule has 1 N–H and O–H groups in total. The van der Waals surface area contributed by atoms with Crippen molar-refractivity contribution in [3.8, 4) is 0 Å². The molecule has 2 heterocycles. The van der Waals surface area contributed by atoms with Crippen LogP contribution in [0, 0.1) is 5.92 Å². The van der Waals surface area contributed by atoms with E-state index in [2.05, 4.69) is 5.32 Å². The Morgan fingerprint density at radius 3 is 2.58 bits per heavy atom. The summed E-state index contributed by atoms with van der Waals surface area (Å²) in [4.78, 5) is 38.7. The van der Waals surface area contributed by atoms with Gasteiger partial charge in [0.1, 0.15) is 6.04 Å². The first-order valence-electron chi connectivity index (χ1n) is 8.14. The topological polar surface area (TPSA) is 75.7 Å². The van der Waals surface area contributed by atoms with Crippen molar-refractivity contribution in [1.29, 1.82) is 0 Å². The Labute approximate surface area is 160 Å². The fourth-order valence-electron chi connectivity index (χ4n) is 2.20. The van der Waals surface area contributed by atoms with E-state index >= 15 is 0 Å². The summed E-state index contributed by atoms with van der Waals surface area (Å²) in [5, 5.41) is 8.38. The molecule has 0 radical (unpaired) electrons.